The van der Waals surface area contributed by atoms with E-state index in [1.165, 1.54) is 37.1 Å². The number of nitrogens with zero attached hydrogens (tertiary/aromatic N) is 2. The van der Waals surface area contributed by atoms with Crippen LogP contribution in [0.25, 0.3) is 10.9 Å². The zero-order valence-corrected chi connectivity index (χ0v) is 28.2. The first-order valence-electron chi connectivity index (χ1n) is 14.5. The summed E-state index contributed by atoms with van der Waals surface area (Å²) in [5, 5.41) is 2.33. The van der Waals surface area contributed by atoms with E-state index in [-0.39, 0.29) is 39.2 Å². The van der Waals surface area contributed by atoms with Crippen LogP contribution in [-0.4, -0.2) is 66.0 Å². The fourth-order valence-electron chi connectivity index (χ4n) is 5.56. The van der Waals surface area contributed by atoms with Gasteiger partial charge in [0.15, 0.2) is 9.84 Å². The summed E-state index contributed by atoms with van der Waals surface area (Å²) in [4.78, 5) is 43.4. The van der Waals surface area contributed by atoms with Crippen molar-refractivity contribution in [2.75, 3.05) is 19.3 Å². The van der Waals surface area contributed by atoms with Crippen molar-refractivity contribution in [3.05, 3.63) is 71.8 Å². The van der Waals surface area contributed by atoms with E-state index in [1.807, 2.05) is 0 Å². The zero-order chi connectivity index (χ0) is 34.4. The molecule has 10 nitrogen and oxygen atoms in total. The van der Waals surface area contributed by atoms with E-state index in [9.17, 15) is 36.0 Å². The largest absolute Gasteiger partial charge is 0.444 e. The van der Waals surface area contributed by atoms with Crippen molar-refractivity contribution in [1.82, 2.24) is 19.8 Å². The summed E-state index contributed by atoms with van der Waals surface area (Å²) in [6, 6.07) is 3.26. The van der Waals surface area contributed by atoms with Crippen LogP contribution in [0.3, 0.4) is 0 Å². The van der Waals surface area contributed by atoms with Gasteiger partial charge in [0, 0.05) is 18.1 Å². The molecular formula is C30H35Cl2F3N4O6S. The minimum absolute atomic E-state index is 0.0112. The summed E-state index contributed by atoms with van der Waals surface area (Å²) in [6.45, 7) is 6.44. The highest BCUT2D eigenvalue weighted by atomic mass is 35.5. The molecule has 0 bridgehead atoms. The second kappa shape index (κ2) is 13.2. The molecule has 1 aliphatic rings. The van der Waals surface area contributed by atoms with Gasteiger partial charge in [-0.2, -0.15) is 13.2 Å². The Bertz CT molecular complexity index is 1880. The van der Waals surface area contributed by atoms with E-state index < -0.39 is 73.1 Å². The summed E-state index contributed by atoms with van der Waals surface area (Å²) >= 11 is 12.7. The molecule has 2 atom stereocenters. The molecule has 1 aromatic heterocycles. The van der Waals surface area contributed by atoms with Crippen molar-refractivity contribution in [3.8, 4) is 0 Å². The standard InChI is InChI=1S/C30H35Cl2F3N4O6S/c1-6-46(43,44)23-10-9-17(31)12-16(23)15-39-26(40)19-13-20(30(33,34)35)18(24(32)25(19)37-27(39)41)14-22(21-8-7-11-36-21)38(5)28(42)45-29(2,3)4/h9-10,12-13,21-22,36H,6-8,11,14-15H2,1-5H3,(H,37,41)/t21?,22-/m0/s1. The van der Waals surface area contributed by atoms with Gasteiger partial charge in [0.1, 0.15) is 5.60 Å². The van der Waals surface area contributed by atoms with Crippen LogP contribution in [-0.2, 0) is 33.7 Å². The third-order valence-corrected chi connectivity index (χ3v) is 10.3. The van der Waals surface area contributed by atoms with Crippen LogP contribution in [0, 0.1) is 0 Å². The fourth-order valence-corrected chi connectivity index (χ4v) is 7.19. The van der Waals surface area contributed by atoms with Crippen molar-refractivity contribution in [2.45, 2.75) is 82.3 Å². The third-order valence-electron chi connectivity index (χ3n) is 7.85. The fraction of sp³-hybridized carbons (Fsp3) is 0.500. The third kappa shape index (κ3) is 7.56. The average molecular weight is 708 g/mol. The zero-order valence-electron chi connectivity index (χ0n) is 25.8. The molecule has 1 unspecified atom stereocenters. The van der Waals surface area contributed by atoms with Gasteiger partial charge in [-0.05, 0) is 82.0 Å². The molecule has 3 aromatic rings. The van der Waals surface area contributed by atoms with E-state index in [2.05, 4.69) is 10.3 Å². The van der Waals surface area contributed by atoms with Crippen molar-refractivity contribution >= 4 is 50.0 Å². The number of rotatable bonds is 8. The number of alkyl halides is 3. The lowest BCUT2D eigenvalue weighted by Crippen LogP contribution is -2.51. The Morgan fingerprint density at radius 3 is 2.41 bits per heavy atom. The van der Waals surface area contributed by atoms with Crippen LogP contribution >= 0.6 is 23.2 Å². The summed E-state index contributed by atoms with van der Waals surface area (Å²) < 4.78 is 75.4. The van der Waals surface area contributed by atoms with Crippen molar-refractivity contribution in [1.29, 1.82) is 0 Å². The number of aromatic amines is 1. The number of nitrogens with one attached hydrogen (secondary N) is 2. The van der Waals surface area contributed by atoms with Gasteiger partial charge in [0.05, 0.1) is 44.7 Å². The topological polar surface area (TPSA) is 131 Å². The van der Waals surface area contributed by atoms with Crippen molar-refractivity contribution < 1.29 is 31.1 Å². The molecular weight excluding hydrogens is 672 g/mol. The molecule has 252 valence electrons. The summed E-state index contributed by atoms with van der Waals surface area (Å²) in [5.41, 5.74) is -4.92. The van der Waals surface area contributed by atoms with E-state index in [0.717, 1.165) is 6.42 Å². The maximum atomic E-state index is 14.7. The highest BCUT2D eigenvalue weighted by Crippen LogP contribution is 2.39. The summed E-state index contributed by atoms with van der Waals surface area (Å²) in [5.74, 6) is -0.279. The number of carbonyl (C=O) groups excluding carboxylic acids is 1. The molecule has 0 radical (unpaired) electrons. The van der Waals surface area contributed by atoms with Crippen LogP contribution in [0.15, 0.2) is 38.8 Å². The van der Waals surface area contributed by atoms with E-state index >= 15 is 0 Å². The number of hydrogen-bond acceptors (Lipinski definition) is 7. The smallest absolute Gasteiger partial charge is 0.416 e. The number of carbonyl (C=O) groups is 1. The Kier molecular flexibility index (Phi) is 10.3. The Balaban J connectivity index is 1.89. The minimum atomic E-state index is -4.98. The first-order valence-corrected chi connectivity index (χ1v) is 16.9. The van der Waals surface area contributed by atoms with Crippen molar-refractivity contribution in [2.24, 2.45) is 0 Å². The lowest BCUT2D eigenvalue weighted by molar-refractivity contribution is -0.138. The van der Waals surface area contributed by atoms with Gasteiger partial charge in [-0.25, -0.2) is 18.0 Å². The number of amides is 1. The molecule has 46 heavy (non-hydrogen) atoms. The maximum absolute atomic E-state index is 14.7. The quantitative estimate of drug-likeness (QED) is 0.321. The molecule has 1 saturated heterocycles. The van der Waals surface area contributed by atoms with Crippen molar-refractivity contribution in [3.63, 3.8) is 0 Å². The Labute approximate surface area is 273 Å². The van der Waals surface area contributed by atoms with E-state index in [4.69, 9.17) is 27.9 Å². The van der Waals surface area contributed by atoms with E-state index in [1.54, 1.807) is 20.8 Å². The Morgan fingerprint density at radius 2 is 1.85 bits per heavy atom. The van der Waals surface area contributed by atoms with Gasteiger partial charge in [-0.3, -0.25) is 9.36 Å². The Hall–Kier alpha value is -3.07. The molecule has 2 N–H and O–H groups in total. The summed E-state index contributed by atoms with van der Waals surface area (Å²) in [6.07, 6.45) is -4.78. The number of aromatic nitrogens is 2. The lowest BCUT2D eigenvalue weighted by atomic mass is 9.92. The molecule has 16 heteroatoms. The first-order chi connectivity index (χ1) is 21.2. The van der Waals surface area contributed by atoms with Crippen LogP contribution in [0.2, 0.25) is 10.0 Å². The minimum Gasteiger partial charge on any atom is -0.444 e. The number of ether oxygens (including phenoxy) is 1. The number of H-pyrrole nitrogens is 1. The molecule has 0 aliphatic carbocycles. The number of benzene rings is 2. The highest BCUT2D eigenvalue weighted by Gasteiger charge is 2.40. The van der Waals surface area contributed by atoms with Gasteiger partial charge in [-0.15, -0.1) is 0 Å². The second-order valence-corrected chi connectivity index (χ2v) is 15.2. The van der Waals surface area contributed by atoms with Crippen LogP contribution in [0.1, 0.15) is 57.2 Å². The molecule has 4 rings (SSSR count). The molecule has 0 spiro atoms. The molecule has 2 heterocycles. The number of hydrogen-bond donors (Lipinski definition) is 2. The van der Waals surface area contributed by atoms with Gasteiger partial charge < -0.3 is 19.9 Å². The van der Waals surface area contributed by atoms with Gasteiger partial charge in [-0.1, -0.05) is 30.1 Å². The van der Waals surface area contributed by atoms with Crippen LogP contribution in [0.5, 0.6) is 0 Å². The molecule has 1 aliphatic heterocycles. The van der Waals surface area contributed by atoms with Gasteiger partial charge in [0.25, 0.3) is 5.56 Å². The SMILES string of the molecule is CCS(=O)(=O)c1ccc(Cl)cc1Cn1c(=O)[nH]c2c(Cl)c(C[C@@H](C3CCCN3)N(C)C(=O)OC(C)(C)C)c(C(F)(F)F)cc2c1=O. The second-order valence-electron chi connectivity index (χ2n) is 12.2. The van der Waals surface area contributed by atoms with E-state index in [0.29, 0.717) is 23.6 Å². The maximum Gasteiger partial charge on any atom is 0.416 e. The average Bonchev–Trinajstić information content (AvgIpc) is 3.48. The first kappa shape index (κ1) is 35.8. The number of sulfone groups is 1. The normalized spacial score (nSPS) is 16.5. The number of fused-ring (bicyclic) bond motifs is 1. The van der Waals surface area contributed by atoms with Gasteiger partial charge in [0.2, 0.25) is 0 Å². The molecule has 1 amide bonds. The monoisotopic (exact) mass is 706 g/mol. The summed E-state index contributed by atoms with van der Waals surface area (Å²) in [7, 11) is -2.38. The van der Waals surface area contributed by atoms with Crippen LogP contribution < -0.4 is 16.6 Å². The Morgan fingerprint density at radius 1 is 1.17 bits per heavy atom. The highest BCUT2D eigenvalue weighted by molar-refractivity contribution is 7.91. The molecule has 0 saturated carbocycles. The van der Waals surface area contributed by atoms with Gasteiger partial charge >= 0.3 is 18.0 Å². The molecule has 1 fully saturated rings. The van der Waals surface area contributed by atoms with Crippen LogP contribution in [0.4, 0.5) is 18.0 Å². The number of halogens is 5. The number of likely N-dealkylation sites (N-methyl/N-ethyl adjacent to an activating group) is 1. The predicted octanol–water partition coefficient (Wildman–Crippen LogP) is 5.39. The molecule has 2 aromatic carbocycles. The lowest BCUT2D eigenvalue weighted by Gasteiger charge is -2.35. The predicted molar refractivity (Wildman–Crippen MR) is 170 cm³/mol.